The predicted molar refractivity (Wildman–Crippen MR) is 59.6 cm³/mol. The summed E-state index contributed by atoms with van der Waals surface area (Å²) >= 11 is 0. The molecule has 0 rings (SSSR count). The molecule has 1 amide bonds. The van der Waals surface area contributed by atoms with Gasteiger partial charge in [-0.25, -0.2) is 4.79 Å². The first kappa shape index (κ1) is 14.4. The van der Waals surface area contributed by atoms with E-state index >= 15 is 0 Å². The Kier molecular flexibility index (Phi) is 6.10. The number of rotatable bonds is 6. The average Bonchev–Trinajstić information content (AvgIpc) is 2.21. The van der Waals surface area contributed by atoms with Crippen molar-refractivity contribution in [3.8, 4) is 0 Å². The predicted octanol–water partition coefficient (Wildman–Crippen LogP) is 0.159. The van der Waals surface area contributed by atoms with Crippen LogP contribution in [0.3, 0.4) is 0 Å². The van der Waals surface area contributed by atoms with Crippen molar-refractivity contribution < 1.29 is 19.4 Å². The minimum atomic E-state index is -0.938. The Morgan fingerprint density at radius 1 is 1.31 bits per heavy atom. The van der Waals surface area contributed by atoms with Gasteiger partial charge >= 0.3 is 5.97 Å². The summed E-state index contributed by atoms with van der Waals surface area (Å²) < 4.78 is 4.70. The minimum absolute atomic E-state index is 0.00909. The summed E-state index contributed by atoms with van der Waals surface area (Å²) in [5.74, 6) is -0.907. The van der Waals surface area contributed by atoms with Gasteiger partial charge in [0.2, 0.25) is 5.91 Å². The van der Waals surface area contributed by atoms with Crippen LogP contribution in [-0.4, -0.2) is 36.2 Å². The summed E-state index contributed by atoms with van der Waals surface area (Å²) in [4.78, 5) is 22.0. The van der Waals surface area contributed by atoms with E-state index in [1.807, 2.05) is 0 Å². The second-order valence-electron chi connectivity index (χ2n) is 3.52. The number of hydrogen-bond acceptors (Lipinski definition) is 4. The number of nitrogens with one attached hydrogen (secondary N) is 1. The van der Waals surface area contributed by atoms with E-state index in [4.69, 9.17) is 4.74 Å². The molecule has 0 saturated carbocycles. The van der Waals surface area contributed by atoms with Crippen molar-refractivity contribution in [1.82, 2.24) is 5.32 Å². The van der Waals surface area contributed by atoms with Crippen molar-refractivity contribution in [3.05, 3.63) is 24.3 Å². The molecule has 2 N–H and O–H groups in total. The van der Waals surface area contributed by atoms with Gasteiger partial charge in [-0.2, -0.15) is 0 Å². The highest BCUT2D eigenvalue weighted by molar-refractivity contribution is 5.92. The van der Waals surface area contributed by atoms with E-state index in [1.54, 1.807) is 6.92 Å². The summed E-state index contributed by atoms with van der Waals surface area (Å²) in [7, 11) is 0. The van der Waals surface area contributed by atoms with Gasteiger partial charge in [0.25, 0.3) is 0 Å². The fourth-order valence-electron chi connectivity index (χ4n) is 0.715. The maximum atomic E-state index is 11.1. The maximum absolute atomic E-state index is 11.1. The second kappa shape index (κ2) is 6.79. The molecule has 1 atom stereocenters. The average molecular weight is 227 g/mol. The summed E-state index contributed by atoms with van der Waals surface area (Å²) in [6.45, 7) is 9.73. The molecule has 90 valence electrons. The van der Waals surface area contributed by atoms with E-state index in [0.29, 0.717) is 5.57 Å². The largest absolute Gasteiger partial charge is 0.460 e. The molecule has 0 aliphatic carbocycles. The Hall–Kier alpha value is -1.62. The van der Waals surface area contributed by atoms with Gasteiger partial charge in [-0.3, -0.25) is 4.79 Å². The summed E-state index contributed by atoms with van der Waals surface area (Å²) in [6.07, 6.45) is -0.938. The van der Waals surface area contributed by atoms with E-state index in [9.17, 15) is 14.7 Å². The summed E-state index contributed by atoms with van der Waals surface area (Å²) in [5.41, 5.74) is 0.615. The van der Waals surface area contributed by atoms with Gasteiger partial charge in [0, 0.05) is 17.7 Å². The lowest BCUT2D eigenvalue weighted by Gasteiger charge is -2.12. The highest BCUT2D eigenvalue weighted by Crippen LogP contribution is 1.94. The fraction of sp³-hybridized carbons (Fsp3) is 0.455. The first-order valence-corrected chi connectivity index (χ1v) is 4.79. The number of esters is 1. The van der Waals surface area contributed by atoms with E-state index in [0.717, 1.165) is 0 Å². The molecule has 5 heteroatoms. The standard InChI is InChI=1S/C11H17NO4/c1-7(2)10(14)12-5-9(13)6-16-11(15)8(3)4/h9,13H,1,3,5-6H2,2,4H3,(H,12,14). The zero-order valence-electron chi connectivity index (χ0n) is 9.58. The maximum Gasteiger partial charge on any atom is 0.333 e. The number of carbonyl (C=O) groups is 2. The van der Waals surface area contributed by atoms with Crippen molar-refractivity contribution in [2.45, 2.75) is 20.0 Å². The SMILES string of the molecule is C=C(C)C(=O)NCC(O)COC(=O)C(=C)C. The van der Waals surface area contributed by atoms with Crippen LogP contribution in [0, 0.1) is 0 Å². The van der Waals surface area contributed by atoms with E-state index in [-0.39, 0.29) is 24.6 Å². The van der Waals surface area contributed by atoms with Gasteiger partial charge in [-0.1, -0.05) is 13.2 Å². The Morgan fingerprint density at radius 3 is 2.31 bits per heavy atom. The fourth-order valence-corrected chi connectivity index (χ4v) is 0.715. The van der Waals surface area contributed by atoms with E-state index in [1.165, 1.54) is 6.92 Å². The summed E-state index contributed by atoms with van der Waals surface area (Å²) in [5, 5.41) is 11.8. The number of ether oxygens (including phenoxy) is 1. The van der Waals surface area contributed by atoms with Crippen molar-refractivity contribution in [2.75, 3.05) is 13.2 Å². The van der Waals surface area contributed by atoms with Crippen LogP contribution in [0.1, 0.15) is 13.8 Å². The van der Waals surface area contributed by atoms with Gasteiger partial charge in [-0.15, -0.1) is 0 Å². The molecule has 0 spiro atoms. The highest BCUT2D eigenvalue weighted by atomic mass is 16.5. The molecule has 0 aromatic heterocycles. The molecule has 0 saturated heterocycles. The molecule has 0 aromatic rings. The zero-order chi connectivity index (χ0) is 12.7. The van der Waals surface area contributed by atoms with Crippen LogP contribution in [0.5, 0.6) is 0 Å². The third kappa shape index (κ3) is 5.98. The van der Waals surface area contributed by atoms with Crippen molar-refractivity contribution in [3.63, 3.8) is 0 Å². The second-order valence-corrected chi connectivity index (χ2v) is 3.52. The third-order valence-corrected chi connectivity index (χ3v) is 1.64. The minimum Gasteiger partial charge on any atom is -0.460 e. The first-order valence-electron chi connectivity index (χ1n) is 4.79. The van der Waals surface area contributed by atoms with Crippen LogP contribution in [-0.2, 0) is 14.3 Å². The number of carbonyl (C=O) groups excluding carboxylic acids is 2. The molecule has 0 bridgehead atoms. The normalized spacial score (nSPS) is 11.4. The molecule has 0 radical (unpaired) electrons. The topological polar surface area (TPSA) is 75.6 Å². The van der Waals surface area contributed by atoms with Crippen LogP contribution < -0.4 is 5.32 Å². The van der Waals surface area contributed by atoms with Crippen LogP contribution in [0.25, 0.3) is 0 Å². The molecule has 5 nitrogen and oxygen atoms in total. The lowest BCUT2D eigenvalue weighted by molar-refractivity contribution is -0.141. The number of aliphatic hydroxyl groups excluding tert-OH is 1. The van der Waals surface area contributed by atoms with E-state index < -0.39 is 12.1 Å². The summed E-state index contributed by atoms with van der Waals surface area (Å²) in [6, 6.07) is 0. The Morgan fingerprint density at radius 2 is 1.88 bits per heavy atom. The van der Waals surface area contributed by atoms with Gasteiger partial charge in [-0.05, 0) is 13.8 Å². The van der Waals surface area contributed by atoms with Crippen LogP contribution in [0.15, 0.2) is 24.3 Å². The van der Waals surface area contributed by atoms with Crippen LogP contribution in [0.2, 0.25) is 0 Å². The molecule has 16 heavy (non-hydrogen) atoms. The van der Waals surface area contributed by atoms with Crippen LogP contribution in [0.4, 0.5) is 0 Å². The Labute approximate surface area is 94.8 Å². The molecular weight excluding hydrogens is 210 g/mol. The molecular formula is C11H17NO4. The van der Waals surface area contributed by atoms with E-state index in [2.05, 4.69) is 18.5 Å². The Bertz CT molecular complexity index is 279. The molecule has 0 fully saturated rings. The molecule has 0 heterocycles. The quantitative estimate of drug-likeness (QED) is 0.500. The number of amides is 1. The third-order valence-electron chi connectivity index (χ3n) is 1.64. The van der Waals surface area contributed by atoms with Gasteiger partial charge in [0.15, 0.2) is 0 Å². The molecule has 0 aromatic carbocycles. The monoisotopic (exact) mass is 227 g/mol. The molecule has 0 aliphatic heterocycles. The highest BCUT2D eigenvalue weighted by Gasteiger charge is 2.10. The first-order chi connectivity index (χ1) is 7.34. The van der Waals surface area contributed by atoms with Crippen molar-refractivity contribution in [1.29, 1.82) is 0 Å². The van der Waals surface area contributed by atoms with Gasteiger partial charge < -0.3 is 15.2 Å². The lowest BCUT2D eigenvalue weighted by atomic mass is 10.3. The van der Waals surface area contributed by atoms with Gasteiger partial charge in [0.1, 0.15) is 12.7 Å². The number of hydrogen-bond donors (Lipinski definition) is 2. The van der Waals surface area contributed by atoms with Crippen molar-refractivity contribution >= 4 is 11.9 Å². The molecule has 1 unspecified atom stereocenters. The van der Waals surface area contributed by atoms with Crippen molar-refractivity contribution in [2.24, 2.45) is 0 Å². The lowest BCUT2D eigenvalue weighted by Crippen LogP contribution is -2.35. The number of aliphatic hydroxyl groups is 1. The smallest absolute Gasteiger partial charge is 0.333 e. The van der Waals surface area contributed by atoms with Gasteiger partial charge in [0.05, 0.1) is 0 Å². The van der Waals surface area contributed by atoms with Crippen LogP contribution >= 0.6 is 0 Å². The zero-order valence-corrected chi connectivity index (χ0v) is 9.58. The Balaban J connectivity index is 3.79. The molecule has 0 aliphatic rings.